The number of alkyl halides is 3. The number of hydroxylamine groups is 1. The smallest absolute Gasteiger partial charge is 0.351 e. The zero-order chi connectivity index (χ0) is 23.6. The first kappa shape index (κ1) is 22.1. The van der Waals surface area contributed by atoms with E-state index >= 15 is 0 Å². The first-order chi connectivity index (χ1) is 15.6. The highest BCUT2D eigenvalue weighted by Crippen LogP contribution is 2.63. The summed E-state index contributed by atoms with van der Waals surface area (Å²) < 4.78 is 71.2. The number of hydrogen-bond acceptors (Lipinski definition) is 7. The van der Waals surface area contributed by atoms with Crippen LogP contribution in [0.3, 0.4) is 0 Å². The van der Waals surface area contributed by atoms with Crippen LogP contribution < -0.4 is 10.2 Å². The van der Waals surface area contributed by atoms with E-state index in [2.05, 4.69) is 14.4 Å². The standard InChI is InChI=1S/C20H16F3N3O5S2/c21-20(22,23)15-9-13(25-31-15)14-7-8-16(32-14)33(29,30)26-19(18(27)24-28)12-6-5-10-3-1-2-4-11(10)17(12)19/h1-4,7-9,12,17,26,28H,5-6H2,(H,24,27)/t12?,17?,19-/m1/s1. The van der Waals surface area contributed by atoms with Crippen LogP contribution >= 0.6 is 11.3 Å². The maximum absolute atomic E-state index is 13.2. The van der Waals surface area contributed by atoms with Crippen LogP contribution in [0.15, 0.2) is 51.2 Å². The van der Waals surface area contributed by atoms with Gasteiger partial charge in [0.1, 0.15) is 15.4 Å². The van der Waals surface area contributed by atoms with Crippen LogP contribution in [0.1, 0.15) is 29.2 Å². The van der Waals surface area contributed by atoms with Gasteiger partial charge in [-0.05, 0) is 42.0 Å². The van der Waals surface area contributed by atoms with Gasteiger partial charge in [0.25, 0.3) is 15.9 Å². The molecule has 3 aromatic rings. The van der Waals surface area contributed by atoms with E-state index in [0.717, 1.165) is 11.1 Å². The van der Waals surface area contributed by atoms with Crippen molar-refractivity contribution in [2.45, 2.75) is 34.7 Å². The second-order valence-electron chi connectivity index (χ2n) is 7.93. The second-order valence-corrected chi connectivity index (χ2v) is 10.9. The molecule has 2 aliphatic carbocycles. The van der Waals surface area contributed by atoms with Crippen LogP contribution in [-0.2, 0) is 27.4 Å². The maximum Gasteiger partial charge on any atom is 0.452 e. The molecule has 0 saturated heterocycles. The summed E-state index contributed by atoms with van der Waals surface area (Å²) in [7, 11) is -4.26. The monoisotopic (exact) mass is 499 g/mol. The SMILES string of the molecule is O=C(NO)[C@@]1(NS(=O)(=O)c2ccc(-c3cc(C(F)(F)F)on3)s2)C2CCc3ccccc3C21. The highest BCUT2D eigenvalue weighted by Gasteiger charge is 2.72. The third-order valence-corrected chi connectivity index (χ3v) is 9.24. The van der Waals surface area contributed by atoms with E-state index in [-0.39, 0.29) is 20.7 Å². The fourth-order valence-corrected chi connectivity index (χ4v) is 7.37. The van der Waals surface area contributed by atoms with Gasteiger partial charge in [0, 0.05) is 12.0 Å². The van der Waals surface area contributed by atoms with E-state index in [0.29, 0.717) is 30.2 Å². The number of aryl methyl sites for hydroxylation is 1. The fourth-order valence-electron chi connectivity index (χ4n) is 4.68. The number of rotatable bonds is 5. The molecule has 0 aliphatic heterocycles. The molecule has 13 heteroatoms. The summed E-state index contributed by atoms with van der Waals surface area (Å²) in [6.07, 6.45) is -3.51. The number of fused-ring (bicyclic) bond motifs is 3. The van der Waals surface area contributed by atoms with Gasteiger partial charge in [-0.25, -0.2) is 13.9 Å². The Morgan fingerprint density at radius 3 is 2.70 bits per heavy atom. The Kier molecular flexibility index (Phi) is 4.94. The lowest BCUT2D eigenvalue weighted by molar-refractivity contribution is -0.155. The Morgan fingerprint density at radius 1 is 1.24 bits per heavy atom. The Bertz CT molecular complexity index is 1350. The zero-order valence-electron chi connectivity index (χ0n) is 16.6. The predicted octanol–water partition coefficient (Wildman–Crippen LogP) is 3.30. The number of nitrogens with zero attached hydrogens (tertiary/aromatic N) is 1. The average Bonchev–Trinajstić information content (AvgIpc) is 3.17. The Balaban J connectivity index is 1.46. The molecule has 1 fully saturated rings. The molecular formula is C20H16F3N3O5S2. The van der Waals surface area contributed by atoms with E-state index in [9.17, 15) is 31.6 Å². The van der Waals surface area contributed by atoms with Crippen molar-refractivity contribution in [2.75, 3.05) is 0 Å². The van der Waals surface area contributed by atoms with E-state index in [1.54, 1.807) is 11.5 Å². The van der Waals surface area contributed by atoms with E-state index < -0.39 is 39.3 Å². The Labute approximate surface area is 189 Å². The summed E-state index contributed by atoms with van der Waals surface area (Å²) in [5, 5.41) is 12.7. The number of hydrogen-bond donors (Lipinski definition) is 3. The third-order valence-electron chi connectivity index (χ3n) is 6.15. The summed E-state index contributed by atoms with van der Waals surface area (Å²) >= 11 is 0.689. The lowest BCUT2D eigenvalue weighted by atomic mass is 9.92. The van der Waals surface area contributed by atoms with E-state index in [1.807, 2.05) is 18.2 Å². The lowest BCUT2D eigenvalue weighted by Gasteiger charge is -2.17. The number of amides is 1. The van der Waals surface area contributed by atoms with Crippen molar-refractivity contribution in [1.82, 2.24) is 15.4 Å². The highest BCUT2D eigenvalue weighted by molar-refractivity contribution is 7.91. The van der Waals surface area contributed by atoms with Crippen molar-refractivity contribution in [3.63, 3.8) is 0 Å². The van der Waals surface area contributed by atoms with E-state index in [1.165, 1.54) is 12.1 Å². The summed E-state index contributed by atoms with van der Waals surface area (Å²) in [5.74, 6) is -2.96. The molecule has 0 spiro atoms. The van der Waals surface area contributed by atoms with Crippen LogP contribution in [0.5, 0.6) is 0 Å². The van der Waals surface area contributed by atoms with Gasteiger partial charge in [-0.1, -0.05) is 29.4 Å². The minimum Gasteiger partial charge on any atom is -0.351 e. The zero-order valence-corrected chi connectivity index (χ0v) is 18.2. The molecule has 174 valence electrons. The quantitative estimate of drug-likeness (QED) is 0.366. The maximum atomic E-state index is 13.2. The number of halogens is 3. The molecule has 2 aromatic heterocycles. The van der Waals surface area contributed by atoms with Crippen molar-refractivity contribution in [2.24, 2.45) is 5.92 Å². The van der Waals surface area contributed by atoms with Gasteiger partial charge in [0.2, 0.25) is 5.76 Å². The molecule has 2 heterocycles. The van der Waals surface area contributed by atoms with E-state index in [4.69, 9.17) is 0 Å². The van der Waals surface area contributed by atoms with Crippen molar-refractivity contribution < 1.29 is 36.1 Å². The number of nitrogens with one attached hydrogen (secondary N) is 2. The molecule has 2 aliphatic rings. The summed E-state index contributed by atoms with van der Waals surface area (Å²) in [4.78, 5) is 12.8. The minimum absolute atomic E-state index is 0.147. The van der Waals surface area contributed by atoms with Crippen molar-refractivity contribution in [3.8, 4) is 10.6 Å². The molecule has 8 nitrogen and oxygen atoms in total. The summed E-state index contributed by atoms with van der Waals surface area (Å²) in [5.41, 5.74) is 1.71. The van der Waals surface area contributed by atoms with Gasteiger partial charge in [-0.15, -0.1) is 11.3 Å². The Hall–Kier alpha value is -2.74. The molecule has 5 rings (SSSR count). The van der Waals surface area contributed by atoms with Crippen molar-refractivity contribution >= 4 is 27.3 Å². The molecule has 1 saturated carbocycles. The molecular weight excluding hydrogens is 483 g/mol. The minimum atomic E-state index is -4.72. The van der Waals surface area contributed by atoms with Crippen molar-refractivity contribution in [1.29, 1.82) is 0 Å². The average molecular weight is 499 g/mol. The van der Waals surface area contributed by atoms with Gasteiger partial charge in [0.15, 0.2) is 0 Å². The third kappa shape index (κ3) is 3.46. The van der Waals surface area contributed by atoms with Crippen molar-refractivity contribution in [3.05, 3.63) is 59.4 Å². The largest absolute Gasteiger partial charge is 0.452 e. The predicted molar refractivity (Wildman–Crippen MR) is 109 cm³/mol. The van der Waals surface area contributed by atoms with Gasteiger partial charge in [0.05, 0.1) is 4.88 Å². The van der Waals surface area contributed by atoms with Gasteiger partial charge in [-0.2, -0.15) is 17.9 Å². The van der Waals surface area contributed by atoms with Crippen LogP contribution in [-0.4, -0.2) is 30.2 Å². The van der Waals surface area contributed by atoms with Crippen LogP contribution in [0, 0.1) is 5.92 Å². The molecule has 3 N–H and O–H groups in total. The normalized spacial score (nSPS) is 24.1. The molecule has 33 heavy (non-hydrogen) atoms. The number of aromatic nitrogens is 1. The lowest BCUT2D eigenvalue weighted by Crippen LogP contribution is -2.50. The molecule has 0 radical (unpaired) electrons. The summed E-state index contributed by atoms with van der Waals surface area (Å²) in [6.45, 7) is 0. The number of benzene rings is 1. The topological polar surface area (TPSA) is 122 Å². The van der Waals surface area contributed by atoms with Gasteiger partial charge in [-0.3, -0.25) is 10.0 Å². The molecule has 3 atom stereocenters. The van der Waals surface area contributed by atoms with Crippen LogP contribution in [0.25, 0.3) is 10.6 Å². The van der Waals surface area contributed by atoms with Crippen LogP contribution in [0.4, 0.5) is 13.2 Å². The second kappa shape index (κ2) is 7.38. The number of sulfonamides is 1. The molecule has 1 amide bonds. The molecule has 0 bridgehead atoms. The molecule has 1 aromatic carbocycles. The summed E-state index contributed by atoms with van der Waals surface area (Å²) in [6, 6.07) is 10.6. The first-order valence-electron chi connectivity index (χ1n) is 9.78. The fraction of sp³-hybridized carbons (Fsp3) is 0.300. The number of thiophene rings is 1. The highest BCUT2D eigenvalue weighted by atomic mass is 32.2. The Morgan fingerprint density at radius 2 is 2.00 bits per heavy atom. The van der Waals surface area contributed by atoms with Gasteiger partial charge < -0.3 is 4.52 Å². The first-order valence-corrected chi connectivity index (χ1v) is 12.1. The van der Waals surface area contributed by atoms with Gasteiger partial charge >= 0.3 is 6.18 Å². The number of carbonyl (C=O) groups excluding carboxylic acids is 1. The number of carbonyl (C=O) groups is 1. The van der Waals surface area contributed by atoms with Crippen LogP contribution in [0.2, 0.25) is 0 Å². The molecule has 2 unspecified atom stereocenters.